The predicted octanol–water partition coefficient (Wildman–Crippen LogP) is 2.54. The number of carbonyl (C=O) groups is 2. The Balaban J connectivity index is 1.67. The van der Waals surface area contributed by atoms with Crippen molar-refractivity contribution in [3.05, 3.63) is 65.0 Å². The average Bonchev–Trinajstić information content (AvgIpc) is 3.10. The molecule has 2 aromatic rings. The van der Waals surface area contributed by atoms with Crippen LogP contribution >= 0.6 is 0 Å². The molecule has 2 aliphatic heterocycles. The molecule has 3 heterocycles. The third-order valence-corrected chi connectivity index (χ3v) is 6.23. The van der Waals surface area contributed by atoms with Gasteiger partial charge in [-0.25, -0.2) is 0 Å². The minimum Gasteiger partial charge on any atom is -0.507 e. The van der Waals surface area contributed by atoms with Crippen molar-refractivity contribution in [1.82, 2.24) is 14.8 Å². The number of nitrogens with zero attached hydrogens (tertiary/aromatic N) is 3. The number of aromatic nitrogens is 1. The van der Waals surface area contributed by atoms with Gasteiger partial charge in [0.25, 0.3) is 11.7 Å². The molecule has 0 spiro atoms. The summed E-state index contributed by atoms with van der Waals surface area (Å²) in [5, 5.41) is 11.2. The van der Waals surface area contributed by atoms with Crippen LogP contribution in [0.15, 0.2) is 48.3 Å². The first-order valence-electron chi connectivity index (χ1n) is 11.1. The molecule has 0 saturated carbocycles. The maximum Gasteiger partial charge on any atom is 0.295 e. The number of hydrogen-bond donors (Lipinski definition) is 1. The van der Waals surface area contributed by atoms with E-state index in [4.69, 9.17) is 9.47 Å². The molecule has 2 saturated heterocycles. The lowest BCUT2D eigenvalue weighted by atomic mass is 9.94. The fourth-order valence-electron chi connectivity index (χ4n) is 4.47. The van der Waals surface area contributed by atoms with Crippen LogP contribution in [0.3, 0.4) is 0 Å². The minimum absolute atomic E-state index is 0.103. The van der Waals surface area contributed by atoms with Gasteiger partial charge in [0.05, 0.1) is 31.9 Å². The summed E-state index contributed by atoms with van der Waals surface area (Å²) < 4.78 is 10.6. The molecule has 8 heteroatoms. The van der Waals surface area contributed by atoms with Crippen molar-refractivity contribution in [3.63, 3.8) is 0 Å². The highest BCUT2D eigenvalue weighted by molar-refractivity contribution is 6.46. The number of aliphatic hydroxyl groups is 1. The van der Waals surface area contributed by atoms with Gasteiger partial charge in [0.1, 0.15) is 11.5 Å². The number of rotatable bonds is 7. The first-order chi connectivity index (χ1) is 16.0. The molecular weight excluding hydrogens is 422 g/mol. The lowest BCUT2D eigenvalue weighted by Gasteiger charge is -2.29. The van der Waals surface area contributed by atoms with Crippen LogP contribution in [0.5, 0.6) is 5.75 Å². The standard InChI is InChI=1S/C25H29N3O5/c1-17-16-19(32-2)4-5-20(17)23(29)21-22(18-6-8-26-9-7-18)28(25(31)24(21)30)11-3-10-27-12-14-33-15-13-27/h4-9,16,22,29H,3,10-15H2,1-2H3/t22-/m0/s1. The monoisotopic (exact) mass is 451 g/mol. The zero-order valence-corrected chi connectivity index (χ0v) is 19.0. The van der Waals surface area contributed by atoms with E-state index in [2.05, 4.69) is 9.88 Å². The number of ketones is 1. The largest absolute Gasteiger partial charge is 0.507 e. The Morgan fingerprint density at radius 2 is 1.88 bits per heavy atom. The molecule has 1 aromatic carbocycles. The average molecular weight is 452 g/mol. The van der Waals surface area contributed by atoms with E-state index < -0.39 is 17.7 Å². The molecule has 8 nitrogen and oxygen atoms in total. The molecule has 1 amide bonds. The number of morpholine rings is 1. The molecule has 2 aliphatic rings. The van der Waals surface area contributed by atoms with Crippen molar-refractivity contribution in [2.75, 3.05) is 46.5 Å². The van der Waals surface area contributed by atoms with Crippen LogP contribution in [0.1, 0.15) is 29.2 Å². The van der Waals surface area contributed by atoms with Gasteiger partial charge in [0.2, 0.25) is 0 Å². The van der Waals surface area contributed by atoms with Crippen LogP contribution in [-0.2, 0) is 14.3 Å². The second-order valence-corrected chi connectivity index (χ2v) is 8.26. The number of pyridine rings is 1. The number of hydrogen-bond acceptors (Lipinski definition) is 7. The van der Waals surface area contributed by atoms with Crippen molar-refractivity contribution in [2.24, 2.45) is 0 Å². The summed E-state index contributed by atoms with van der Waals surface area (Å²) in [5.74, 6) is -0.785. The third-order valence-electron chi connectivity index (χ3n) is 6.23. The molecule has 174 valence electrons. The van der Waals surface area contributed by atoms with E-state index in [1.807, 2.05) is 6.92 Å². The Morgan fingerprint density at radius 1 is 1.15 bits per heavy atom. The predicted molar refractivity (Wildman–Crippen MR) is 123 cm³/mol. The second-order valence-electron chi connectivity index (χ2n) is 8.26. The summed E-state index contributed by atoms with van der Waals surface area (Å²) in [7, 11) is 1.57. The van der Waals surface area contributed by atoms with Gasteiger partial charge in [-0.2, -0.15) is 0 Å². The maximum atomic E-state index is 13.1. The summed E-state index contributed by atoms with van der Waals surface area (Å²) >= 11 is 0. The lowest BCUT2D eigenvalue weighted by Crippen LogP contribution is -2.38. The molecule has 1 aromatic heterocycles. The van der Waals surface area contributed by atoms with E-state index in [0.29, 0.717) is 31.1 Å². The normalized spacial score (nSPS) is 20.9. The first-order valence-corrected chi connectivity index (χ1v) is 11.1. The molecule has 0 radical (unpaired) electrons. The van der Waals surface area contributed by atoms with E-state index in [1.54, 1.807) is 54.7 Å². The molecule has 4 rings (SSSR count). The van der Waals surface area contributed by atoms with Gasteiger partial charge in [-0.15, -0.1) is 0 Å². The fourth-order valence-corrected chi connectivity index (χ4v) is 4.47. The van der Waals surface area contributed by atoms with Crippen LogP contribution in [-0.4, -0.2) is 78.1 Å². The second kappa shape index (κ2) is 10.1. The van der Waals surface area contributed by atoms with Crippen LogP contribution in [0.25, 0.3) is 5.76 Å². The van der Waals surface area contributed by atoms with Crippen LogP contribution in [0.4, 0.5) is 0 Å². The first kappa shape index (κ1) is 22.9. The third kappa shape index (κ3) is 4.77. The van der Waals surface area contributed by atoms with E-state index >= 15 is 0 Å². The Labute approximate surface area is 193 Å². The van der Waals surface area contributed by atoms with Gasteiger partial charge in [0.15, 0.2) is 0 Å². The minimum atomic E-state index is -0.670. The van der Waals surface area contributed by atoms with Crippen molar-refractivity contribution in [2.45, 2.75) is 19.4 Å². The molecule has 1 atom stereocenters. The Kier molecular flexibility index (Phi) is 7.05. The lowest BCUT2D eigenvalue weighted by molar-refractivity contribution is -0.140. The molecule has 1 N–H and O–H groups in total. The van der Waals surface area contributed by atoms with Gasteiger partial charge >= 0.3 is 0 Å². The zero-order chi connectivity index (χ0) is 23.4. The number of aliphatic hydroxyl groups excluding tert-OH is 1. The zero-order valence-electron chi connectivity index (χ0n) is 19.0. The van der Waals surface area contributed by atoms with Crippen LogP contribution in [0, 0.1) is 6.92 Å². The number of amides is 1. The van der Waals surface area contributed by atoms with Crippen molar-refractivity contribution < 1.29 is 24.2 Å². The number of aryl methyl sites for hydroxylation is 1. The fraction of sp³-hybridized carbons (Fsp3) is 0.400. The van der Waals surface area contributed by atoms with Gasteiger partial charge in [-0.05, 0) is 54.8 Å². The van der Waals surface area contributed by atoms with E-state index in [-0.39, 0.29) is 11.3 Å². The van der Waals surface area contributed by atoms with Crippen molar-refractivity contribution in [3.8, 4) is 5.75 Å². The van der Waals surface area contributed by atoms with E-state index in [9.17, 15) is 14.7 Å². The maximum absolute atomic E-state index is 13.1. The highest BCUT2D eigenvalue weighted by Gasteiger charge is 2.45. The molecule has 0 unspecified atom stereocenters. The highest BCUT2D eigenvalue weighted by Crippen LogP contribution is 2.40. The van der Waals surface area contributed by atoms with Crippen molar-refractivity contribution in [1.29, 1.82) is 0 Å². The van der Waals surface area contributed by atoms with Gasteiger partial charge in [0, 0.05) is 44.1 Å². The molecule has 2 fully saturated rings. The van der Waals surface area contributed by atoms with Crippen LogP contribution < -0.4 is 4.74 Å². The molecule has 33 heavy (non-hydrogen) atoms. The smallest absolute Gasteiger partial charge is 0.295 e. The molecule has 0 aliphatic carbocycles. The van der Waals surface area contributed by atoms with Gasteiger partial charge in [-0.3, -0.25) is 19.5 Å². The van der Waals surface area contributed by atoms with E-state index in [0.717, 1.165) is 37.2 Å². The number of Topliss-reactive ketones (excluding diaryl/α,β-unsaturated/α-hetero) is 1. The van der Waals surface area contributed by atoms with Crippen molar-refractivity contribution >= 4 is 17.4 Å². The number of likely N-dealkylation sites (tertiary alicyclic amines) is 1. The van der Waals surface area contributed by atoms with E-state index in [1.165, 1.54) is 0 Å². The molecule has 0 bridgehead atoms. The Bertz CT molecular complexity index is 1050. The summed E-state index contributed by atoms with van der Waals surface area (Å²) in [6, 6.07) is 8.11. The van der Waals surface area contributed by atoms with Crippen LogP contribution in [0.2, 0.25) is 0 Å². The quantitative estimate of drug-likeness (QED) is 0.393. The summed E-state index contributed by atoms with van der Waals surface area (Å²) in [5.41, 5.74) is 2.09. The number of benzene rings is 1. The number of carbonyl (C=O) groups excluding carboxylic acids is 2. The summed E-state index contributed by atoms with van der Waals surface area (Å²) in [6.45, 7) is 6.20. The number of ether oxygens (including phenoxy) is 2. The molecular formula is C25H29N3O5. The summed E-state index contributed by atoms with van der Waals surface area (Å²) in [4.78, 5) is 34.1. The Hall–Kier alpha value is -3.23. The Morgan fingerprint density at radius 3 is 2.55 bits per heavy atom. The number of methoxy groups -OCH3 is 1. The SMILES string of the molecule is COc1ccc(C(O)=C2C(=O)C(=O)N(CCCN3CCOCC3)[C@H]2c2ccncc2)c(C)c1. The summed E-state index contributed by atoms with van der Waals surface area (Å²) in [6.07, 6.45) is 3.97. The highest BCUT2D eigenvalue weighted by atomic mass is 16.5. The topological polar surface area (TPSA) is 92.2 Å². The van der Waals surface area contributed by atoms with Gasteiger partial charge in [-0.1, -0.05) is 0 Å². The van der Waals surface area contributed by atoms with Gasteiger partial charge < -0.3 is 19.5 Å².